The topological polar surface area (TPSA) is 68.5 Å². The predicted octanol–water partition coefficient (Wildman–Crippen LogP) is 2.43. The average molecular weight is 304 g/mol. The molecule has 2 heterocycles. The fraction of sp³-hybridized carbons (Fsp3) is 0.231. The molecule has 0 atom stereocenters. The molecule has 2 aromatic heterocycles. The minimum absolute atomic E-state index is 0.313. The molecular formula is C13H13FN6S. The van der Waals surface area contributed by atoms with Gasteiger partial charge in [-0.05, 0) is 35.0 Å². The van der Waals surface area contributed by atoms with Gasteiger partial charge in [-0.2, -0.15) is 0 Å². The van der Waals surface area contributed by atoms with Gasteiger partial charge in [0, 0.05) is 11.1 Å². The van der Waals surface area contributed by atoms with Gasteiger partial charge in [0.15, 0.2) is 0 Å². The standard InChI is InChI=1S/C13H13FN6S/c1-2-13-16-7-10(21-13)6-15-12-5-9(3-4-11(12)14)20-8-17-18-19-20/h3-5,7-8,15H,2,6H2,1H3. The van der Waals surface area contributed by atoms with Crippen LogP contribution in [0, 0.1) is 5.82 Å². The molecule has 0 amide bonds. The van der Waals surface area contributed by atoms with E-state index in [9.17, 15) is 4.39 Å². The molecule has 0 saturated heterocycles. The predicted molar refractivity (Wildman–Crippen MR) is 77.9 cm³/mol. The van der Waals surface area contributed by atoms with Crippen molar-refractivity contribution in [2.24, 2.45) is 0 Å². The largest absolute Gasteiger partial charge is 0.378 e. The van der Waals surface area contributed by atoms with Gasteiger partial charge in [0.25, 0.3) is 0 Å². The van der Waals surface area contributed by atoms with Crippen molar-refractivity contribution in [1.29, 1.82) is 0 Å². The van der Waals surface area contributed by atoms with E-state index in [2.05, 4.69) is 32.7 Å². The zero-order valence-electron chi connectivity index (χ0n) is 11.3. The molecule has 1 aromatic carbocycles. The highest BCUT2D eigenvalue weighted by Gasteiger charge is 2.07. The van der Waals surface area contributed by atoms with E-state index >= 15 is 0 Å². The smallest absolute Gasteiger partial charge is 0.146 e. The third-order valence-corrected chi connectivity index (χ3v) is 4.06. The molecule has 1 N–H and O–H groups in total. The van der Waals surface area contributed by atoms with Crippen molar-refractivity contribution in [2.45, 2.75) is 19.9 Å². The van der Waals surface area contributed by atoms with Crippen molar-refractivity contribution in [1.82, 2.24) is 25.2 Å². The maximum absolute atomic E-state index is 13.8. The number of hydrogen-bond donors (Lipinski definition) is 1. The number of rotatable bonds is 5. The molecule has 3 aromatic rings. The number of thiazole rings is 1. The number of tetrazole rings is 1. The van der Waals surface area contributed by atoms with Crippen LogP contribution in [0.5, 0.6) is 0 Å². The number of aryl methyl sites for hydroxylation is 1. The molecule has 3 rings (SSSR count). The lowest BCUT2D eigenvalue weighted by atomic mass is 10.2. The zero-order chi connectivity index (χ0) is 14.7. The molecule has 0 aliphatic carbocycles. The van der Waals surface area contributed by atoms with Crippen molar-refractivity contribution in [3.63, 3.8) is 0 Å². The molecule has 6 nitrogen and oxygen atoms in total. The number of benzene rings is 1. The molecule has 0 spiro atoms. The van der Waals surface area contributed by atoms with Crippen LogP contribution in [0.3, 0.4) is 0 Å². The molecule has 108 valence electrons. The molecular weight excluding hydrogens is 291 g/mol. The van der Waals surface area contributed by atoms with Crippen molar-refractivity contribution < 1.29 is 4.39 Å². The van der Waals surface area contributed by atoms with Crippen LogP contribution in [0.25, 0.3) is 5.69 Å². The van der Waals surface area contributed by atoms with E-state index in [1.165, 1.54) is 17.1 Å². The van der Waals surface area contributed by atoms with Crippen molar-refractivity contribution in [3.05, 3.63) is 46.4 Å². The van der Waals surface area contributed by atoms with Gasteiger partial charge in [-0.3, -0.25) is 0 Å². The van der Waals surface area contributed by atoms with Gasteiger partial charge in [0.1, 0.15) is 12.1 Å². The van der Waals surface area contributed by atoms with Gasteiger partial charge >= 0.3 is 0 Å². The van der Waals surface area contributed by atoms with Crippen LogP contribution < -0.4 is 5.32 Å². The second-order valence-electron chi connectivity index (χ2n) is 4.35. The SMILES string of the molecule is CCc1ncc(CNc2cc(-n3cnnn3)ccc2F)s1. The summed E-state index contributed by atoms with van der Waals surface area (Å²) in [6.45, 7) is 2.60. The summed E-state index contributed by atoms with van der Waals surface area (Å²) in [5, 5.41) is 15.1. The highest BCUT2D eigenvalue weighted by molar-refractivity contribution is 7.11. The summed E-state index contributed by atoms with van der Waals surface area (Å²) < 4.78 is 15.3. The van der Waals surface area contributed by atoms with Crippen molar-refractivity contribution >= 4 is 17.0 Å². The lowest BCUT2D eigenvalue weighted by molar-refractivity contribution is 0.629. The summed E-state index contributed by atoms with van der Waals surface area (Å²) in [6, 6.07) is 4.69. The molecule has 0 fully saturated rings. The Bertz CT molecular complexity index is 724. The van der Waals surface area contributed by atoms with Gasteiger partial charge in [-0.1, -0.05) is 6.92 Å². The number of anilines is 1. The van der Waals surface area contributed by atoms with Gasteiger partial charge in [0.05, 0.1) is 22.9 Å². The molecule has 0 unspecified atom stereocenters. The highest BCUT2D eigenvalue weighted by atomic mass is 32.1. The highest BCUT2D eigenvalue weighted by Crippen LogP contribution is 2.20. The van der Waals surface area contributed by atoms with Crippen LogP contribution in [0.1, 0.15) is 16.8 Å². The molecule has 0 aliphatic rings. The van der Waals surface area contributed by atoms with Crippen LogP contribution in [0.15, 0.2) is 30.7 Å². The van der Waals surface area contributed by atoms with E-state index in [1.54, 1.807) is 23.5 Å². The van der Waals surface area contributed by atoms with Crippen LogP contribution >= 0.6 is 11.3 Å². The maximum atomic E-state index is 13.8. The fourth-order valence-electron chi connectivity index (χ4n) is 1.85. The summed E-state index contributed by atoms with van der Waals surface area (Å²) in [5.74, 6) is -0.313. The van der Waals surface area contributed by atoms with Gasteiger partial charge in [-0.25, -0.2) is 14.1 Å². The first kappa shape index (κ1) is 13.6. The fourth-order valence-corrected chi connectivity index (χ4v) is 2.65. The second-order valence-corrected chi connectivity index (χ2v) is 5.55. The van der Waals surface area contributed by atoms with Crippen LogP contribution in [0.4, 0.5) is 10.1 Å². The maximum Gasteiger partial charge on any atom is 0.146 e. The minimum atomic E-state index is -0.313. The summed E-state index contributed by atoms with van der Waals surface area (Å²) in [7, 11) is 0. The van der Waals surface area contributed by atoms with Crippen LogP contribution in [-0.2, 0) is 13.0 Å². The Hall–Kier alpha value is -2.35. The summed E-state index contributed by atoms with van der Waals surface area (Å²) >= 11 is 1.63. The Kier molecular flexibility index (Phi) is 3.87. The van der Waals surface area contributed by atoms with E-state index in [4.69, 9.17) is 0 Å². The number of nitrogens with one attached hydrogen (secondary N) is 1. The van der Waals surface area contributed by atoms with Crippen molar-refractivity contribution in [3.8, 4) is 5.69 Å². The van der Waals surface area contributed by atoms with E-state index in [-0.39, 0.29) is 5.82 Å². The van der Waals surface area contributed by atoms with E-state index in [0.717, 1.165) is 16.3 Å². The van der Waals surface area contributed by atoms with Crippen LogP contribution in [0.2, 0.25) is 0 Å². The molecule has 8 heteroatoms. The Morgan fingerprint density at radius 2 is 2.29 bits per heavy atom. The Balaban J connectivity index is 1.76. The number of halogens is 1. The molecule has 21 heavy (non-hydrogen) atoms. The third-order valence-electron chi connectivity index (χ3n) is 2.92. The zero-order valence-corrected chi connectivity index (χ0v) is 12.1. The lowest BCUT2D eigenvalue weighted by Crippen LogP contribution is -2.02. The van der Waals surface area contributed by atoms with Gasteiger partial charge in [-0.15, -0.1) is 16.4 Å². The number of hydrogen-bond acceptors (Lipinski definition) is 6. The Morgan fingerprint density at radius 1 is 1.38 bits per heavy atom. The second kappa shape index (κ2) is 5.96. The summed E-state index contributed by atoms with van der Waals surface area (Å²) in [6.07, 6.45) is 4.20. The molecule has 0 bridgehead atoms. The monoisotopic (exact) mass is 304 g/mol. The van der Waals surface area contributed by atoms with Crippen molar-refractivity contribution in [2.75, 3.05) is 5.32 Å². The minimum Gasteiger partial charge on any atom is -0.378 e. The first-order valence-electron chi connectivity index (χ1n) is 6.46. The quantitative estimate of drug-likeness (QED) is 0.784. The average Bonchev–Trinajstić information content (AvgIpc) is 3.18. The van der Waals surface area contributed by atoms with Gasteiger partial charge in [0.2, 0.25) is 0 Å². The number of nitrogens with zero attached hydrogens (tertiary/aromatic N) is 5. The summed E-state index contributed by atoms with van der Waals surface area (Å²) in [5.41, 5.74) is 1.11. The first-order chi connectivity index (χ1) is 10.3. The van der Waals surface area contributed by atoms with E-state index in [0.29, 0.717) is 17.9 Å². The Labute approximate surface area is 124 Å². The van der Waals surface area contributed by atoms with E-state index < -0.39 is 0 Å². The first-order valence-corrected chi connectivity index (χ1v) is 7.28. The van der Waals surface area contributed by atoms with Gasteiger partial charge < -0.3 is 5.32 Å². The normalized spacial score (nSPS) is 10.8. The number of aromatic nitrogens is 5. The molecule has 0 aliphatic heterocycles. The summed E-state index contributed by atoms with van der Waals surface area (Å²) in [4.78, 5) is 5.35. The van der Waals surface area contributed by atoms with E-state index in [1.807, 2.05) is 6.20 Å². The lowest BCUT2D eigenvalue weighted by Gasteiger charge is -2.08. The molecule has 0 radical (unpaired) electrons. The molecule has 0 saturated carbocycles. The van der Waals surface area contributed by atoms with Crippen LogP contribution in [-0.4, -0.2) is 25.2 Å². The third kappa shape index (κ3) is 3.05. The Morgan fingerprint density at radius 3 is 3.00 bits per heavy atom.